The first kappa shape index (κ1) is 8.86. The van der Waals surface area contributed by atoms with Crippen molar-refractivity contribution < 1.29 is 4.42 Å². The third-order valence-corrected chi connectivity index (χ3v) is 2.02. The van der Waals surface area contributed by atoms with Crippen molar-refractivity contribution in [2.45, 2.75) is 26.7 Å². The molecule has 1 unspecified atom stereocenters. The number of nitrogens with zero attached hydrogens (tertiary/aromatic N) is 1. The normalized spacial score (nSPS) is 12.4. The molecular formula is C10H13NO. The van der Waals surface area contributed by atoms with Gasteiger partial charge in [-0.3, -0.25) is 0 Å². The molecule has 1 atom stereocenters. The van der Waals surface area contributed by atoms with Gasteiger partial charge in [-0.2, -0.15) is 5.26 Å². The van der Waals surface area contributed by atoms with E-state index < -0.39 is 0 Å². The maximum Gasteiger partial charge on any atom is 0.203 e. The Hall–Kier alpha value is -1.23. The van der Waals surface area contributed by atoms with Crippen LogP contribution >= 0.6 is 0 Å². The SMILES string of the molecule is CCC(C)Cc1ccc(C#N)o1. The highest BCUT2D eigenvalue weighted by atomic mass is 16.3. The van der Waals surface area contributed by atoms with E-state index >= 15 is 0 Å². The van der Waals surface area contributed by atoms with E-state index in [4.69, 9.17) is 9.68 Å². The van der Waals surface area contributed by atoms with Crippen LogP contribution in [0.4, 0.5) is 0 Å². The Kier molecular flexibility index (Phi) is 2.93. The fourth-order valence-electron chi connectivity index (χ4n) is 1.04. The van der Waals surface area contributed by atoms with E-state index in [-0.39, 0.29) is 0 Å². The number of nitriles is 1. The highest BCUT2D eigenvalue weighted by Crippen LogP contribution is 2.13. The van der Waals surface area contributed by atoms with Gasteiger partial charge in [0.2, 0.25) is 5.76 Å². The van der Waals surface area contributed by atoms with Crippen LogP contribution in [0.5, 0.6) is 0 Å². The molecule has 0 saturated carbocycles. The summed E-state index contributed by atoms with van der Waals surface area (Å²) >= 11 is 0. The van der Waals surface area contributed by atoms with Crippen LogP contribution < -0.4 is 0 Å². The molecule has 0 N–H and O–H groups in total. The van der Waals surface area contributed by atoms with Gasteiger partial charge >= 0.3 is 0 Å². The largest absolute Gasteiger partial charge is 0.451 e. The lowest BCUT2D eigenvalue weighted by Gasteiger charge is -2.03. The van der Waals surface area contributed by atoms with E-state index in [1.165, 1.54) is 0 Å². The maximum atomic E-state index is 8.50. The molecule has 0 bridgehead atoms. The fourth-order valence-corrected chi connectivity index (χ4v) is 1.04. The zero-order valence-corrected chi connectivity index (χ0v) is 7.50. The third kappa shape index (κ3) is 2.13. The second kappa shape index (κ2) is 3.96. The Morgan fingerprint density at radius 1 is 1.58 bits per heavy atom. The summed E-state index contributed by atoms with van der Waals surface area (Å²) in [6, 6.07) is 5.57. The van der Waals surface area contributed by atoms with Crippen LogP contribution in [0, 0.1) is 17.2 Å². The molecule has 0 amide bonds. The molecular weight excluding hydrogens is 150 g/mol. The molecule has 0 aliphatic carbocycles. The Labute approximate surface area is 72.8 Å². The summed E-state index contributed by atoms with van der Waals surface area (Å²) in [6.07, 6.45) is 2.07. The van der Waals surface area contributed by atoms with Gasteiger partial charge in [0.25, 0.3) is 0 Å². The van der Waals surface area contributed by atoms with Crippen LogP contribution in [0.2, 0.25) is 0 Å². The predicted octanol–water partition coefficient (Wildman–Crippen LogP) is 2.74. The number of furan rings is 1. The summed E-state index contributed by atoms with van der Waals surface area (Å²) < 4.78 is 5.24. The summed E-state index contributed by atoms with van der Waals surface area (Å²) in [4.78, 5) is 0. The van der Waals surface area contributed by atoms with E-state index in [2.05, 4.69) is 13.8 Å². The number of hydrogen-bond donors (Lipinski definition) is 0. The van der Waals surface area contributed by atoms with Gasteiger partial charge in [-0.1, -0.05) is 20.3 Å². The minimum Gasteiger partial charge on any atom is -0.451 e. The van der Waals surface area contributed by atoms with Crippen LogP contribution in [0.3, 0.4) is 0 Å². The van der Waals surface area contributed by atoms with E-state index in [1.807, 2.05) is 12.1 Å². The van der Waals surface area contributed by atoms with Crippen molar-refractivity contribution in [2.24, 2.45) is 5.92 Å². The molecule has 0 spiro atoms. The standard InChI is InChI=1S/C10H13NO/c1-3-8(2)6-9-4-5-10(7-11)12-9/h4-5,8H,3,6H2,1-2H3. The molecule has 1 rings (SSSR count). The molecule has 2 nitrogen and oxygen atoms in total. The molecule has 2 heteroatoms. The van der Waals surface area contributed by atoms with Crippen molar-refractivity contribution in [2.75, 3.05) is 0 Å². The van der Waals surface area contributed by atoms with Gasteiger partial charge in [0, 0.05) is 6.42 Å². The summed E-state index contributed by atoms with van der Waals surface area (Å²) in [7, 11) is 0. The minimum atomic E-state index is 0.410. The van der Waals surface area contributed by atoms with Crippen molar-refractivity contribution in [3.63, 3.8) is 0 Å². The fraction of sp³-hybridized carbons (Fsp3) is 0.500. The predicted molar refractivity (Wildman–Crippen MR) is 46.6 cm³/mol. The summed E-state index contributed by atoms with van der Waals surface area (Å²) in [6.45, 7) is 4.33. The van der Waals surface area contributed by atoms with Crippen LogP contribution in [-0.4, -0.2) is 0 Å². The molecule has 0 radical (unpaired) electrons. The molecule has 0 aliphatic rings. The van der Waals surface area contributed by atoms with Gasteiger partial charge in [0.15, 0.2) is 0 Å². The molecule has 0 aliphatic heterocycles. The van der Waals surface area contributed by atoms with Crippen molar-refractivity contribution in [1.29, 1.82) is 5.26 Å². The first-order valence-electron chi connectivity index (χ1n) is 4.25. The van der Waals surface area contributed by atoms with Crippen molar-refractivity contribution >= 4 is 0 Å². The number of rotatable bonds is 3. The van der Waals surface area contributed by atoms with Gasteiger partial charge in [-0.05, 0) is 18.1 Å². The van der Waals surface area contributed by atoms with Crippen molar-refractivity contribution in [3.8, 4) is 6.07 Å². The minimum absolute atomic E-state index is 0.410. The Morgan fingerprint density at radius 2 is 2.33 bits per heavy atom. The Bertz CT molecular complexity index is 282. The van der Waals surface area contributed by atoms with E-state index in [0.717, 1.165) is 18.6 Å². The molecule has 12 heavy (non-hydrogen) atoms. The van der Waals surface area contributed by atoms with Gasteiger partial charge in [-0.25, -0.2) is 0 Å². The summed E-state index contributed by atoms with van der Waals surface area (Å²) in [5.41, 5.74) is 0. The molecule has 1 aromatic heterocycles. The number of hydrogen-bond acceptors (Lipinski definition) is 2. The highest BCUT2D eigenvalue weighted by molar-refractivity contribution is 5.19. The Morgan fingerprint density at radius 3 is 2.83 bits per heavy atom. The summed E-state index contributed by atoms with van der Waals surface area (Å²) in [5.74, 6) is 1.96. The van der Waals surface area contributed by atoms with Gasteiger partial charge in [0.05, 0.1) is 0 Å². The van der Waals surface area contributed by atoms with Crippen LogP contribution in [0.1, 0.15) is 31.8 Å². The lowest BCUT2D eigenvalue weighted by atomic mass is 10.0. The zero-order valence-electron chi connectivity index (χ0n) is 7.50. The average molecular weight is 163 g/mol. The zero-order chi connectivity index (χ0) is 8.97. The highest BCUT2D eigenvalue weighted by Gasteiger charge is 2.05. The first-order valence-corrected chi connectivity index (χ1v) is 4.25. The molecule has 0 saturated heterocycles. The van der Waals surface area contributed by atoms with E-state index in [0.29, 0.717) is 11.7 Å². The summed E-state index contributed by atoms with van der Waals surface area (Å²) in [5, 5.41) is 8.50. The Balaban J connectivity index is 2.59. The average Bonchev–Trinajstić information content (AvgIpc) is 2.52. The van der Waals surface area contributed by atoms with Crippen molar-refractivity contribution in [3.05, 3.63) is 23.7 Å². The smallest absolute Gasteiger partial charge is 0.203 e. The van der Waals surface area contributed by atoms with Crippen LogP contribution in [-0.2, 0) is 6.42 Å². The van der Waals surface area contributed by atoms with Gasteiger partial charge < -0.3 is 4.42 Å². The first-order chi connectivity index (χ1) is 5.76. The topological polar surface area (TPSA) is 36.9 Å². The monoisotopic (exact) mass is 163 g/mol. The molecule has 0 fully saturated rings. The third-order valence-electron chi connectivity index (χ3n) is 2.02. The van der Waals surface area contributed by atoms with Gasteiger partial charge in [-0.15, -0.1) is 0 Å². The van der Waals surface area contributed by atoms with E-state index in [9.17, 15) is 0 Å². The molecule has 0 aromatic carbocycles. The van der Waals surface area contributed by atoms with Crippen LogP contribution in [0.15, 0.2) is 16.5 Å². The molecule has 1 heterocycles. The maximum absolute atomic E-state index is 8.50. The lowest BCUT2D eigenvalue weighted by Crippen LogP contribution is -1.95. The molecule has 64 valence electrons. The van der Waals surface area contributed by atoms with Crippen molar-refractivity contribution in [1.82, 2.24) is 0 Å². The molecule has 1 aromatic rings. The van der Waals surface area contributed by atoms with Crippen LogP contribution in [0.25, 0.3) is 0 Å². The second-order valence-corrected chi connectivity index (χ2v) is 3.10. The van der Waals surface area contributed by atoms with Gasteiger partial charge in [0.1, 0.15) is 11.8 Å². The lowest BCUT2D eigenvalue weighted by molar-refractivity contribution is 0.444. The quantitative estimate of drug-likeness (QED) is 0.687. The van der Waals surface area contributed by atoms with E-state index in [1.54, 1.807) is 6.07 Å². The second-order valence-electron chi connectivity index (χ2n) is 3.10.